The summed E-state index contributed by atoms with van der Waals surface area (Å²) in [6.07, 6.45) is 1.60. The van der Waals surface area contributed by atoms with Gasteiger partial charge in [0.1, 0.15) is 11.3 Å². The number of hydrogen-bond donors (Lipinski definition) is 1. The molecule has 9 heteroatoms. The van der Waals surface area contributed by atoms with Crippen LogP contribution >= 0.6 is 23.2 Å². The molecule has 4 heterocycles. The van der Waals surface area contributed by atoms with E-state index >= 15 is 0 Å². The maximum absolute atomic E-state index is 14.1. The van der Waals surface area contributed by atoms with Crippen LogP contribution in [0.2, 0.25) is 10.0 Å². The first-order valence-electron chi connectivity index (χ1n) is 10.9. The van der Waals surface area contributed by atoms with E-state index in [-0.39, 0.29) is 17.9 Å². The quantitative estimate of drug-likeness (QED) is 0.655. The van der Waals surface area contributed by atoms with Crippen LogP contribution < -0.4 is 15.0 Å². The molecule has 7 nitrogen and oxygen atoms in total. The van der Waals surface area contributed by atoms with Crippen molar-refractivity contribution < 1.29 is 19.1 Å². The lowest BCUT2D eigenvalue weighted by Crippen LogP contribution is -2.54. The van der Waals surface area contributed by atoms with E-state index < -0.39 is 23.3 Å². The molecule has 3 amide bonds. The van der Waals surface area contributed by atoms with Crippen LogP contribution in [-0.2, 0) is 19.9 Å². The number of fused-ring (bicyclic) bond motifs is 7. The van der Waals surface area contributed by atoms with Gasteiger partial charge < -0.3 is 10.1 Å². The molecule has 4 atom stereocenters. The molecule has 1 spiro atoms. The number of imide groups is 1. The number of carbonyl (C=O) groups is 3. The van der Waals surface area contributed by atoms with Crippen molar-refractivity contribution in [2.24, 2.45) is 11.8 Å². The highest BCUT2D eigenvalue weighted by molar-refractivity contribution is 6.32. The standard InChI is InChI=1S/C24H21Cl2N3O4/c1-11-8-17(18(33-2)10-14(11)26)29-21(30)19-16-4-3-7-28(16)24(20(19)22(29)31)13-9-12(25)5-6-15(13)27-23(24)32/h5-6,8-10,16,19-20H,3-4,7H2,1-2H3,(H,27,32)/t16-,19+,20-,24+/m0/s1. The Balaban J connectivity index is 1.56. The predicted octanol–water partition coefficient (Wildman–Crippen LogP) is 3.74. The predicted molar refractivity (Wildman–Crippen MR) is 124 cm³/mol. The van der Waals surface area contributed by atoms with Crippen molar-refractivity contribution in [2.75, 3.05) is 23.9 Å². The van der Waals surface area contributed by atoms with Crippen molar-refractivity contribution in [3.63, 3.8) is 0 Å². The number of benzene rings is 2. The third kappa shape index (κ3) is 2.47. The molecule has 33 heavy (non-hydrogen) atoms. The molecule has 4 aliphatic heterocycles. The summed E-state index contributed by atoms with van der Waals surface area (Å²) in [5.41, 5.74) is 1.12. The van der Waals surface area contributed by atoms with Gasteiger partial charge in [-0.15, -0.1) is 0 Å². The van der Waals surface area contributed by atoms with Crippen LogP contribution in [0.25, 0.3) is 0 Å². The molecule has 6 rings (SSSR count). The van der Waals surface area contributed by atoms with Gasteiger partial charge in [-0.25, -0.2) is 4.90 Å². The molecule has 2 aromatic rings. The second-order valence-corrected chi connectivity index (χ2v) is 9.95. The van der Waals surface area contributed by atoms with Gasteiger partial charge in [0.2, 0.25) is 17.7 Å². The summed E-state index contributed by atoms with van der Waals surface area (Å²) in [5.74, 6) is -2.12. The normalized spacial score (nSPS) is 30.1. The van der Waals surface area contributed by atoms with E-state index in [0.717, 1.165) is 18.4 Å². The molecule has 0 aromatic heterocycles. The van der Waals surface area contributed by atoms with E-state index in [1.54, 1.807) is 37.3 Å². The van der Waals surface area contributed by atoms with Gasteiger partial charge in [-0.1, -0.05) is 23.2 Å². The Kier molecular flexibility index (Phi) is 4.41. The number of halogens is 2. The molecule has 0 unspecified atom stereocenters. The molecular formula is C24H21Cl2N3O4. The second-order valence-electron chi connectivity index (χ2n) is 9.10. The molecule has 0 aliphatic carbocycles. The summed E-state index contributed by atoms with van der Waals surface area (Å²) in [4.78, 5) is 44.8. The monoisotopic (exact) mass is 485 g/mol. The van der Waals surface area contributed by atoms with E-state index in [9.17, 15) is 14.4 Å². The molecule has 3 saturated heterocycles. The van der Waals surface area contributed by atoms with Crippen LogP contribution in [0.4, 0.5) is 11.4 Å². The van der Waals surface area contributed by atoms with Gasteiger partial charge in [-0.3, -0.25) is 19.3 Å². The first kappa shape index (κ1) is 21.0. The number of nitrogens with one attached hydrogen (secondary N) is 1. The molecule has 0 bridgehead atoms. The van der Waals surface area contributed by atoms with Crippen molar-refractivity contribution in [3.8, 4) is 5.75 Å². The number of nitrogens with zero attached hydrogens (tertiary/aromatic N) is 2. The SMILES string of the molecule is COc1cc(Cl)c(C)cc1N1C(=O)[C@H]2[C@@H](C1=O)[C@]1(C(=O)Nc3ccc(Cl)cc31)N1CCC[C@@H]21. The van der Waals surface area contributed by atoms with Crippen LogP contribution in [0.15, 0.2) is 30.3 Å². The summed E-state index contributed by atoms with van der Waals surface area (Å²) in [6.45, 7) is 2.45. The van der Waals surface area contributed by atoms with Gasteiger partial charge in [0.15, 0.2) is 0 Å². The third-order valence-electron chi connectivity index (χ3n) is 7.66. The van der Waals surface area contributed by atoms with E-state index in [4.69, 9.17) is 27.9 Å². The first-order chi connectivity index (χ1) is 15.8. The Morgan fingerprint density at radius 3 is 2.67 bits per heavy atom. The number of aryl methyl sites for hydroxylation is 1. The van der Waals surface area contributed by atoms with Crippen molar-refractivity contribution >= 4 is 52.3 Å². The van der Waals surface area contributed by atoms with E-state index in [1.807, 2.05) is 0 Å². The number of methoxy groups -OCH3 is 1. The lowest BCUT2D eigenvalue weighted by molar-refractivity contribution is -0.135. The average molecular weight is 486 g/mol. The number of rotatable bonds is 2. The number of anilines is 2. The van der Waals surface area contributed by atoms with Crippen molar-refractivity contribution in [3.05, 3.63) is 51.5 Å². The van der Waals surface area contributed by atoms with Crippen molar-refractivity contribution in [1.82, 2.24) is 4.90 Å². The molecule has 0 radical (unpaired) electrons. The van der Waals surface area contributed by atoms with E-state index in [0.29, 0.717) is 39.3 Å². The minimum Gasteiger partial charge on any atom is -0.495 e. The number of carbonyl (C=O) groups excluding carboxylic acids is 3. The van der Waals surface area contributed by atoms with Crippen molar-refractivity contribution in [2.45, 2.75) is 31.3 Å². The molecule has 3 fully saturated rings. The first-order valence-corrected chi connectivity index (χ1v) is 11.7. The minimum atomic E-state index is -1.26. The molecule has 0 saturated carbocycles. The Morgan fingerprint density at radius 1 is 1.12 bits per heavy atom. The van der Waals surface area contributed by atoms with Crippen LogP contribution in [0, 0.1) is 18.8 Å². The Bertz CT molecular complexity index is 1260. The Hall–Kier alpha value is -2.61. The second kappa shape index (κ2) is 6.95. The lowest BCUT2D eigenvalue weighted by Gasteiger charge is -2.36. The number of ether oxygens (including phenoxy) is 1. The summed E-state index contributed by atoms with van der Waals surface area (Å²) in [6, 6.07) is 8.31. The number of amides is 3. The third-order valence-corrected chi connectivity index (χ3v) is 8.30. The Morgan fingerprint density at radius 2 is 1.91 bits per heavy atom. The molecule has 4 aliphatic rings. The highest BCUT2D eigenvalue weighted by atomic mass is 35.5. The van der Waals surface area contributed by atoms with Gasteiger partial charge in [0, 0.05) is 33.4 Å². The average Bonchev–Trinajstić information content (AvgIpc) is 3.48. The molecule has 170 valence electrons. The van der Waals surface area contributed by atoms with Crippen molar-refractivity contribution in [1.29, 1.82) is 0 Å². The zero-order valence-corrected chi connectivity index (χ0v) is 19.5. The fourth-order valence-electron chi connectivity index (χ4n) is 6.40. The maximum atomic E-state index is 14.1. The number of hydrogen-bond acceptors (Lipinski definition) is 5. The fraction of sp³-hybridized carbons (Fsp3) is 0.375. The zero-order chi connectivity index (χ0) is 23.2. The Labute approximate surface area is 200 Å². The molecular weight excluding hydrogens is 465 g/mol. The van der Waals surface area contributed by atoms with Gasteiger partial charge in [-0.05, 0) is 56.1 Å². The topological polar surface area (TPSA) is 78.9 Å². The maximum Gasteiger partial charge on any atom is 0.250 e. The van der Waals surface area contributed by atoms with Crippen LogP contribution in [-0.4, -0.2) is 42.3 Å². The smallest absolute Gasteiger partial charge is 0.250 e. The van der Waals surface area contributed by atoms with Gasteiger partial charge >= 0.3 is 0 Å². The summed E-state index contributed by atoms with van der Waals surface area (Å²) in [5, 5.41) is 3.91. The largest absolute Gasteiger partial charge is 0.495 e. The van der Waals surface area contributed by atoms with Crippen LogP contribution in [0.5, 0.6) is 5.75 Å². The molecule has 1 N–H and O–H groups in total. The molecule has 2 aromatic carbocycles. The van der Waals surface area contributed by atoms with Gasteiger partial charge in [0.05, 0.1) is 24.6 Å². The van der Waals surface area contributed by atoms with Gasteiger partial charge in [-0.2, -0.15) is 0 Å². The summed E-state index contributed by atoms with van der Waals surface area (Å²) in [7, 11) is 1.47. The van der Waals surface area contributed by atoms with E-state index in [1.165, 1.54) is 12.0 Å². The lowest BCUT2D eigenvalue weighted by atomic mass is 9.75. The summed E-state index contributed by atoms with van der Waals surface area (Å²) < 4.78 is 5.47. The fourth-order valence-corrected chi connectivity index (χ4v) is 6.72. The zero-order valence-electron chi connectivity index (χ0n) is 18.0. The van der Waals surface area contributed by atoms with Crippen LogP contribution in [0.1, 0.15) is 24.0 Å². The van der Waals surface area contributed by atoms with Crippen LogP contribution in [0.3, 0.4) is 0 Å². The highest BCUT2D eigenvalue weighted by Gasteiger charge is 2.74. The summed E-state index contributed by atoms with van der Waals surface area (Å²) >= 11 is 12.6. The highest BCUT2D eigenvalue weighted by Crippen LogP contribution is 2.61. The minimum absolute atomic E-state index is 0.202. The van der Waals surface area contributed by atoms with Gasteiger partial charge in [0.25, 0.3) is 0 Å². The van der Waals surface area contributed by atoms with E-state index in [2.05, 4.69) is 10.2 Å².